The van der Waals surface area contributed by atoms with E-state index in [1.54, 1.807) is 60.7 Å². The quantitative estimate of drug-likeness (QED) is 0.657. The van der Waals surface area contributed by atoms with Crippen molar-refractivity contribution in [3.8, 4) is 0 Å². The molecule has 0 aliphatic heterocycles. The predicted molar refractivity (Wildman–Crippen MR) is 105 cm³/mol. The number of Topliss-reactive ketones (excluding diaryl/α,β-unsaturated/α-hetero) is 1. The van der Waals surface area contributed by atoms with Crippen LogP contribution in [0.2, 0.25) is 0 Å². The van der Waals surface area contributed by atoms with Crippen LogP contribution in [0.25, 0.3) is 0 Å². The molecule has 2 rings (SSSR count). The zero-order valence-electron chi connectivity index (χ0n) is 16.1. The molecule has 3 N–H and O–H groups in total. The van der Waals surface area contributed by atoms with Gasteiger partial charge in [-0.3, -0.25) is 19.2 Å². The van der Waals surface area contributed by atoms with Crippen LogP contribution in [0.4, 0.5) is 4.39 Å². The molecule has 0 saturated heterocycles. The van der Waals surface area contributed by atoms with Crippen LogP contribution in [-0.2, 0) is 9.59 Å². The van der Waals surface area contributed by atoms with Crippen molar-refractivity contribution in [3.05, 3.63) is 71.8 Å². The molecule has 0 fully saturated rings. The molecule has 8 heteroatoms. The SMILES string of the molecule is CC(NC(=O)c1ccccc1)C(=O)CF.CC(NC(=O)c1ccccc1)C(=O)O. The molecule has 0 spiro atoms. The van der Waals surface area contributed by atoms with Gasteiger partial charge in [-0.15, -0.1) is 0 Å². The van der Waals surface area contributed by atoms with Crippen molar-refractivity contribution in [2.75, 3.05) is 6.67 Å². The molecule has 0 saturated carbocycles. The molecule has 7 nitrogen and oxygen atoms in total. The van der Waals surface area contributed by atoms with Gasteiger partial charge in [0.2, 0.25) is 0 Å². The highest BCUT2D eigenvalue weighted by molar-refractivity contribution is 5.98. The molecule has 0 bridgehead atoms. The smallest absolute Gasteiger partial charge is 0.325 e. The van der Waals surface area contributed by atoms with E-state index in [1.165, 1.54) is 13.8 Å². The number of carbonyl (C=O) groups is 4. The number of carbonyl (C=O) groups excluding carboxylic acids is 3. The molecule has 0 aliphatic rings. The molecule has 2 unspecified atom stereocenters. The Kier molecular flexibility index (Phi) is 9.73. The number of carboxylic acid groups (broad SMARTS) is 1. The number of nitrogens with one attached hydrogen (secondary N) is 2. The fourth-order valence-corrected chi connectivity index (χ4v) is 2.00. The van der Waals surface area contributed by atoms with Crippen LogP contribution in [0.1, 0.15) is 34.6 Å². The minimum absolute atomic E-state index is 0.370. The summed E-state index contributed by atoms with van der Waals surface area (Å²) in [6.07, 6.45) is 0. The van der Waals surface area contributed by atoms with E-state index >= 15 is 0 Å². The van der Waals surface area contributed by atoms with Crippen molar-refractivity contribution < 1.29 is 28.7 Å². The number of aliphatic carboxylic acids is 1. The van der Waals surface area contributed by atoms with E-state index in [0.29, 0.717) is 11.1 Å². The maximum atomic E-state index is 12.0. The van der Waals surface area contributed by atoms with Crippen molar-refractivity contribution in [1.29, 1.82) is 0 Å². The lowest BCUT2D eigenvalue weighted by Crippen LogP contribution is -2.39. The van der Waals surface area contributed by atoms with Crippen LogP contribution >= 0.6 is 0 Å². The van der Waals surface area contributed by atoms with Gasteiger partial charge in [-0.05, 0) is 38.1 Å². The Morgan fingerprint density at radius 1 is 0.793 bits per heavy atom. The predicted octanol–water partition coefficient (Wildman–Crippen LogP) is 2.23. The Labute approximate surface area is 167 Å². The van der Waals surface area contributed by atoms with Gasteiger partial charge in [0.05, 0.1) is 6.04 Å². The normalized spacial score (nSPS) is 11.8. The van der Waals surface area contributed by atoms with E-state index in [1.807, 2.05) is 0 Å². The fraction of sp³-hybridized carbons (Fsp3) is 0.238. The van der Waals surface area contributed by atoms with Gasteiger partial charge in [-0.25, -0.2) is 4.39 Å². The molecule has 29 heavy (non-hydrogen) atoms. The zero-order valence-corrected chi connectivity index (χ0v) is 16.1. The topological polar surface area (TPSA) is 113 Å². The van der Waals surface area contributed by atoms with Crippen molar-refractivity contribution >= 4 is 23.6 Å². The molecule has 0 aliphatic carbocycles. The molecular weight excluding hydrogens is 379 g/mol. The number of alkyl halides is 1. The Bertz CT molecular complexity index is 827. The molecule has 2 atom stereocenters. The monoisotopic (exact) mass is 402 g/mol. The van der Waals surface area contributed by atoms with Crippen molar-refractivity contribution in [2.45, 2.75) is 25.9 Å². The van der Waals surface area contributed by atoms with Crippen LogP contribution in [0.15, 0.2) is 60.7 Å². The molecule has 0 aromatic heterocycles. The Morgan fingerprint density at radius 2 is 1.17 bits per heavy atom. The number of ketones is 1. The van der Waals surface area contributed by atoms with E-state index in [9.17, 15) is 23.6 Å². The lowest BCUT2D eigenvalue weighted by Gasteiger charge is -2.10. The summed E-state index contributed by atoms with van der Waals surface area (Å²) in [5, 5.41) is 13.3. The van der Waals surface area contributed by atoms with Gasteiger partial charge < -0.3 is 15.7 Å². The van der Waals surface area contributed by atoms with Crippen LogP contribution in [0.3, 0.4) is 0 Å². The highest BCUT2D eigenvalue weighted by Crippen LogP contribution is 2.00. The summed E-state index contributed by atoms with van der Waals surface area (Å²) in [6.45, 7) is 1.82. The number of rotatable bonds is 7. The first-order valence-electron chi connectivity index (χ1n) is 8.79. The number of carboxylic acids is 1. The van der Waals surface area contributed by atoms with Gasteiger partial charge in [0.1, 0.15) is 12.7 Å². The minimum Gasteiger partial charge on any atom is -0.480 e. The standard InChI is InChI=1S/C11H12FNO2.C10H11NO3/c1-8(10(14)7-12)13-11(15)9-5-3-2-4-6-9;1-7(10(13)14)11-9(12)8-5-3-2-4-6-8/h2-6,8H,7H2,1H3,(H,13,15);2-7H,1H3,(H,11,12)(H,13,14). The van der Waals surface area contributed by atoms with E-state index in [4.69, 9.17) is 5.11 Å². The third-order valence-corrected chi connectivity index (χ3v) is 3.75. The Morgan fingerprint density at radius 3 is 1.52 bits per heavy atom. The van der Waals surface area contributed by atoms with Crippen molar-refractivity contribution in [2.24, 2.45) is 0 Å². The third-order valence-electron chi connectivity index (χ3n) is 3.75. The van der Waals surface area contributed by atoms with Crippen LogP contribution in [-0.4, -0.2) is 47.4 Å². The molecule has 2 aromatic carbocycles. The molecular formula is C21H23FN2O5. The van der Waals surface area contributed by atoms with Gasteiger partial charge in [0.25, 0.3) is 11.8 Å². The average Bonchev–Trinajstić information content (AvgIpc) is 2.74. The molecule has 2 aromatic rings. The van der Waals surface area contributed by atoms with Gasteiger partial charge >= 0.3 is 5.97 Å². The van der Waals surface area contributed by atoms with Gasteiger partial charge in [0, 0.05) is 11.1 Å². The first kappa shape index (κ1) is 23.5. The van der Waals surface area contributed by atoms with E-state index in [2.05, 4.69) is 10.6 Å². The zero-order chi connectivity index (χ0) is 21.8. The van der Waals surface area contributed by atoms with E-state index < -0.39 is 30.5 Å². The molecule has 154 valence electrons. The fourth-order valence-electron chi connectivity index (χ4n) is 2.00. The summed E-state index contributed by atoms with van der Waals surface area (Å²) in [5.74, 6) is -2.42. The van der Waals surface area contributed by atoms with Gasteiger partial charge in [0.15, 0.2) is 5.78 Å². The highest BCUT2D eigenvalue weighted by Gasteiger charge is 2.16. The lowest BCUT2D eigenvalue weighted by atomic mass is 10.2. The van der Waals surface area contributed by atoms with Crippen molar-refractivity contribution in [3.63, 3.8) is 0 Å². The van der Waals surface area contributed by atoms with Crippen molar-refractivity contribution in [1.82, 2.24) is 10.6 Å². The summed E-state index contributed by atoms with van der Waals surface area (Å²) in [6, 6.07) is 15.3. The van der Waals surface area contributed by atoms with E-state index in [0.717, 1.165) is 0 Å². The van der Waals surface area contributed by atoms with Gasteiger partial charge in [-0.2, -0.15) is 0 Å². The lowest BCUT2D eigenvalue weighted by molar-refractivity contribution is -0.138. The maximum Gasteiger partial charge on any atom is 0.325 e. The minimum atomic E-state index is -1.06. The summed E-state index contributed by atoms with van der Waals surface area (Å²) < 4.78 is 12.0. The Hall–Kier alpha value is -3.55. The number of hydrogen-bond acceptors (Lipinski definition) is 4. The van der Waals surface area contributed by atoms with Crippen LogP contribution < -0.4 is 10.6 Å². The Balaban J connectivity index is 0.000000291. The first-order valence-corrected chi connectivity index (χ1v) is 8.79. The summed E-state index contributed by atoms with van der Waals surface area (Å²) in [4.78, 5) is 44.2. The summed E-state index contributed by atoms with van der Waals surface area (Å²) in [5.41, 5.74) is 0.914. The summed E-state index contributed by atoms with van der Waals surface area (Å²) in [7, 11) is 0. The van der Waals surface area contributed by atoms with Crippen LogP contribution in [0.5, 0.6) is 0 Å². The van der Waals surface area contributed by atoms with E-state index in [-0.39, 0.29) is 11.8 Å². The summed E-state index contributed by atoms with van der Waals surface area (Å²) >= 11 is 0. The number of hydrogen-bond donors (Lipinski definition) is 3. The average molecular weight is 402 g/mol. The highest BCUT2D eigenvalue weighted by atomic mass is 19.1. The van der Waals surface area contributed by atoms with Gasteiger partial charge in [-0.1, -0.05) is 36.4 Å². The molecule has 0 radical (unpaired) electrons. The molecule has 0 heterocycles. The third kappa shape index (κ3) is 8.34. The first-order chi connectivity index (χ1) is 13.8. The maximum absolute atomic E-state index is 12.0. The number of benzene rings is 2. The second-order valence-electron chi connectivity index (χ2n) is 6.06. The second kappa shape index (κ2) is 12.0. The second-order valence-corrected chi connectivity index (χ2v) is 6.06. The largest absolute Gasteiger partial charge is 0.480 e. The molecule has 2 amide bonds. The number of amides is 2. The number of halogens is 1. The van der Waals surface area contributed by atoms with Crippen LogP contribution in [0, 0.1) is 0 Å².